The number of aryl methyl sites for hydroxylation is 1. The molecule has 1 aliphatic carbocycles. The summed E-state index contributed by atoms with van der Waals surface area (Å²) in [6.07, 6.45) is 8.19. The molecule has 1 amide bonds. The number of hydrogen-bond donors (Lipinski definition) is 0. The van der Waals surface area contributed by atoms with Gasteiger partial charge in [0, 0.05) is 18.5 Å². The number of likely N-dealkylation sites (tertiary alicyclic amines) is 1. The van der Waals surface area contributed by atoms with E-state index in [9.17, 15) is 4.79 Å². The molecule has 2 aliphatic rings. The van der Waals surface area contributed by atoms with Crippen LogP contribution in [0.25, 0.3) is 0 Å². The molecular formula is C21H26N2O2. The number of carbonyl (C=O) groups is 1. The van der Waals surface area contributed by atoms with Gasteiger partial charge < -0.3 is 9.42 Å². The topological polar surface area (TPSA) is 46.3 Å². The summed E-state index contributed by atoms with van der Waals surface area (Å²) in [5.74, 6) is 0.850. The average molecular weight is 338 g/mol. The van der Waals surface area contributed by atoms with E-state index in [1.165, 1.54) is 30.4 Å². The van der Waals surface area contributed by atoms with Crippen LogP contribution in [-0.2, 0) is 0 Å². The molecule has 0 unspecified atom stereocenters. The number of carbonyl (C=O) groups excluding carboxylic acids is 1. The van der Waals surface area contributed by atoms with Gasteiger partial charge in [0.25, 0.3) is 5.91 Å². The third-order valence-corrected chi connectivity index (χ3v) is 5.74. The van der Waals surface area contributed by atoms with Gasteiger partial charge in [0.05, 0.1) is 11.7 Å². The Morgan fingerprint density at radius 3 is 2.60 bits per heavy atom. The van der Waals surface area contributed by atoms with Crippen molar-refractivity contribution < 1.29 is 9.32 Å². The number of nitrogens with zero attached hydrogens (tertiary/aromatic N) is 2. The standard InChI is InChI=1S/C21H26N2O2/c1-15-9-11-17(12-10-15)19-8-5-13-23(19)21(24)20-14-18(22-25-20)16-6-3-2-4-7-16/h9-12,14,16,19H,2-8,13H2,1H3/t19-/m1/s1. The molecule has 0 bridgehead atoms. The van der Waals surface area contributed by atoms with Gasteiger partial charge in [-0.05, 0) is 38.2 Å². The minimum atomic E-state index is -0.0161. The van der Waals surface area contributed by atoms with Crippen LogP contribution in [0.5, 0.6) is 0 Å². The molecule has 4 heteroatoms. The van der Waals surface area contributed by atoms with Gasteiger partial charge in [0.15, 0.2) is 0 Å². The van der Waals surface area contributed by atoms with Gasteiger partial charge >= 0.3 is 0 Å². The fourth-order valence-electron chi connectivity index (χ4n) is 4.27. The normalized spacial score (nSPS) is 21.6. The van der Waals surface area contributed by atoms with Crippen molar-refractivity contribution in [3.05, 3.63) is 52.9 Å². The molecule has 1 aliphatic heterocycles. The molecule has 0 N–H and O–H groups in total. The second-order valence-corrected chi connectivity index (χ2v) is 7.52. The number of amides is 1. The third-order valence-electron chi connectivity index (χ3n) is 5.74. The fourth-order valence-corrected chi connectivity index (χ4v) is 4.27. The summed E-state index contributed by atoms with van der Waals surface area (Å²) in [5.41, 5.74) is 3.42. The smallest absolute Gasteiger partial charge is 0.292 e. The first-order valence-corrected chi connectivity index (χ1v) is 9.56. The van der Waals surface area contributed by atoms with Crippen molar-refractivity contribution in [1.82, 2.24) is 10.1 Å². The highest BCUT2D eigenvalue weighted by atomic mass is 16.5. The summed E-state index contributed by atoms with van der Waals surface area (Å²) in [5, 5.41) is 4.22. The summed E-state index contributed by atoms with van der Waals surface area (Å²) in [4.78, 5) is 14.9. The number of hydrogen-bond acceptors (Lipinski definition) is 3. The Morgan fingerprint density at radius 1 is 1.08 bits per heavy atom. The van der Waals surface area contributed by atoms with Crippen molar-refractivity contribution >= 4 is 5.91 Å². The van der Waals surface area contributed by atoms with Crippen molar-refractivity contribution in [2.75, 3.05) is 6.54 Å². The van der Waals surface area contributed by atoms with Crippen LogP contribution >= 0.6 is 0 Å². The van der Waals surface area contributed by atoms with Gasteiger partial charge in [0.1, 0.15) is 0 Å². The van der Waals surface area contributed by atoms with E-state index in [4.69, 9.17) is 4.52 Å². The molecule has 0 radical (unpaired) electrons. The van der Waals surface area contributed by atoms with E-state index >= 15 is 0 Å². The SMILES string of the molecule is Cc1ccc([C@H]2CCCN2C(=O)c2cc(C3CCCCC3)no2)cc1. The van der Waals surface area contributed by atoms with Crippen LogP contribution in [0.3, 0.4) is 0 Å². The lowest BCUT2D eigenvalue weighted by molar-refractivity contribution is 0.0693. The summed E-state index contributed by atoms with van der Waals surface area (Å²) in [7, 11) is 0. The van der Waals surface area contributed by atoms with Crippen LogP contribution in [0.1, 0.15) is 84.3 Å². The maximum atomic E-state index is 13.0. The van der Waals surface area contributed by atoms with E-state index in [2.05, 4.69) is 36.3 Å². The highest BCUT2D eigenvalue weighted by molar-refractivity contribution is 5.92. The minimum absolute atomic E-state index is 0.0161. The van der Waals surface area contributed by atoms with E-state index < -0.39 is 0 Å². The molecule has 1 aromatic carbocycles. The monoisotopic (exact) mass is 338 g/mol. The first kappa shape index (κ1) is 16.4. The predicted octanol–water partition coefficient (Wildman–Crippen LogP) is 5.01. The Morgan fingerprint density at radius 2 is 1.84 bits per heavy atom. The number of rotatable bonds is 3. The van der Waals surface area contributed by atoms with E-state index in [0.717, 1.165) is 37.9 Å². The van der Waals surface area contributed by atoms with E-state index in [0.29, 0.717) is 11.7 Å². The van der Waals surface area contributed by atoms with Crippen LogP contribution in [-0.4, -0.2) is 22.5 Å². The molecule has 4 rings (SSSR count). The van der Waals surface area contributed by atoms with Crippen molar-refractivity contribution in [3.8, 4) is 0 Å². The fraction of sp³-hybridized carbons (Fsp3) is 0.524. The van der Waals surface area contributed by atoms with Gasteiger partial charge in [-0.1, -0.05) is 54.2 Å². The van der Waals surface area contributed by atoms with E-state index in [-0.39, 0.29) is 11.9 Å². The van der Waals surface area contributed by atoms with Crippen LogP contribution in [0.15, 0.2) is 34.9 Å². The Bertz CT molecular complexity index is 729. The maximum Gasteiger partial charge on any atom is 0.292 e. The first-order valence-electron chi connectivity index (χ1n) is 9.56. The highest BCUT2D eigenvalue weighted by Gasteiger charge is 2.33. The van der Waals surface area contributed by atoms with E-state index in [1.807, 2.05) is 11.0 Å². The van der Waals surface area contributed by atoms with Crippen LogP contribution in [0, 0.1) is 6.92 Å². The Labute approximate surface area is 149 Å². The van der Waals surface area contributed by atoms with Crippen molar-refractivity contribution in [1.29, 1.82) is 0 Å². The Hall–Kier alpha value is -2.10. The molecule has 2 heterocycles. The quantitative estimate of drug-likeness (QED) is 0.790. The van der Waals surface area contributed by atoms with Crippen LogP contribution in [0.2, 0.25) is 0 Å². The van der Waals surface area contributed by atoms with Gasteiger partial charge in [-0.25, -0.2) is 0 Å². The van der Waals surface area contributed by atoms with Gasteiger partial charge in [-0.3, -0.25) is 4.79 Å². The van der Waals surface area contributed by atoms with Gasteiger partial charge in [0.2, 0.25) is 5.76 Å². The lowest BCUT2D eigenvalue weighted by atomic mass is 9.87. The summed E-state index contributed by atoms with van der Waals surface area (Å²) >= 11 is 0. The lowest BCUT2D eigenvalue weighted by Crippen LogP contribution is -2.30. The molecule has 2 fully saturated rings. The molecule has 1 saturated heterocycles. The Balaban J connectivity index is 1.51. The summed E-state index contributed by atoms with van der Waals surface area (Å²) in [6, 6.07) is 10.6. The average Bonchev–Trinajstić information content (AvgIpc) is 3.32. The molecule has 4 nitrogen and oxygen atoms in total. The summed E-state index contributed by atoms with van der Waals surface area (Å²) in [6.45, 7) is 2.87. The number of aromatic nitrogens is 1. The lowest BCUT2D eigenvalue weighted by Gasteiger charge is -2.24. The largest absolute Gasteiger partial charge is 0.351 e. The second-order valence-electron chi connectivity index (χ2n) is 7.52. The number of benzene rings is 1. The maximum absolute atomic E-state index is 13.0. The van der Waals surface area contributed by atoms with Crippen molar-refractivity contribution in [2.45, 2.75) is 63.8 Å². The molecule has 0 spiro atoms. The molecule has 1 aromatic heterocycles. The molecule has 1 atom stereocenters. The first-order chi connectivity index (χ1) is 12.2. The summed E-state index contributed by atoms with van der Waals surface area (Å²) < 4.78 is 5.45. The molecular weight excluding hydrogens is 312 g/mol. The van der Waals surface area contributed by atoms with Gasteiger partial charge in [-0.15, -0.1) is 0 Å². The van der Waals surface area contributed by atoms with Crippen molar-refractivity contribution in [2.24, 2.45) is 0 Å². The Kier molecular flexibility index (Phi) is 4.60. The zero-order chi connectivity index (χ0) is 17.2. The minimum Gasteiger partial charge on any atom is -0.351 e. The van der Waals surface area contributed by atoms with Gasteiger partial charge in [-0.2, -0.15) is 0 Å². The van der Waals surface area contributed by atoms with Crippen LogP contribution < -0.4 is 0 Å². The molecule has 132 valence electrons. The second kappa shape index (κ2) is 7.03. The molecule has 2 aromatic rings. The molecule has 1 saturated carbocycles. The van der Waals surface area contributed by atoms with Crippen molar-refractivity contribution in [3.63, 3.8) is 0 Å². The van der Waals surface area contributed by atoms with Crippen LogP contribution in [0.4, 0.5) is 0 Å². The predicted molar refractivity (Wildman–Crippen MR) is 96.5 cm³/mol. The molecule has 25 heavy (non-hydrogen) atoms. The highest BCUT2D eigenvalue weighted by Crippen LogP contribution is 2.35. The zero-order valence-corrected chi connectivity index (χ0v) is 14.9. The zero-order valence-electron chi connectivity index (χ0n) is 14.9. The third kappa shape index (κ3) is 3.35. The van der Waals surface area contributed by atoms with E-state index in [1.54, 1.807) is 0 Å².